The van der Waals surface area contributed by atoms with Crippen LogP contribution < -0.4 is 0 Å². The molecule has 2 rings (SSSR count). The van der Waals surface area contributed by atoms with Gasteiger partial charge in [-0.1, -0.05) is 13.8 Å². The summed E-state index contributed by atoms with van der Waals surface area (Å²) < 4.78 is 0. The molecule has 2 heterocycles. The minimum absolute atomic E-state index is 0.560. The molecule has 0 radical (unpaired) electrons. The van der Waals surface area contributed by atoms with Gasteiger partial charge in [0.15, 0.2) is 0 Å². The van der Waals surface area contributed by atoms with E-state index >= 15 is 0 Å². The van der Waals surface area contributed by atoms with E-state index in [0.717, 1.165) is 0 Å². The number of thiophene rings is 1. The maximum atomic E-state index is 3.90. The van der Waals surface area contributed by atoms with Crippen LogP contribution in [0.4, 0.5) is 0 Å². The second-order valence-electron chi connectivity index (χ2n) is 3.49. The van der Waals surface area contributed by atoms with Crippen molar-refractivity contribution in [3.05, 3.63) is 35.5 Å². The second kappa shape index (κ2) is 3.88. The smallest absolute Gasteiger partial charge is 0.0582 e. The SMILES string of the molecule is CC(C)c1ccsc1-c1ccnnc1. The molecular weight excluding hydrogens is 192 g/mol. The molecule has 0 aromatic carbocycles. The monoisotopic (exact) mass is 204 g/mol. The van der Waals surface area contributed by atoms with E-state index in [0.29, 0.717) is 5.92 Å². The van der Waals surface area contributed by atoms with Crippen LogP contribution in [0.15, 0.2) is 29.9 Å². The predicted molar refractivity (Wildman–Crippen MR) is 59.4 cm³/mol. The van der Waals surface area contributed by atoms with Gasteiger partial charge in [-0.25, -0.2) is 0 Å². The van der Waals surface area contributed by atoms with Crippen LogP contribution in [-0.4, -0.2) is 10.2 Å². The lowest BCUT2D eigenvalue weighted by Gasteiger charge is -2.05. The molecule has 0 spiro atoms. The third-order valence-corrected chi connectivity index (χ3v) is 3.14. The van der Waals surface area contributed by atoms with Crippen LogP contribution in [0.25, 0.3) is 10.4 Å². The molecule has 72 valence electrons. The third kappa shape index (κ3) is 1.68. The molecule has 0 saturated heterocycles. The second-order valence-corrected chi connectivity index (χ2v) is 4.41. The van der Waals surface area contributed by atoms with Crippen molar-refractivity contribution in [3.8, 4) is 10.4 Å². The van der Waals surface area contributed by atoms with Crippen molar-refractivity contribution in [1.82, 2.24) is 10.2 Å². The number of hydrogen-bond donors (Lipinski definition) is 0. The molecule has 0 saturated carbocycles. The maximum Gasteiger partial charge on any atom is 0.0582 e. The first-order valence-electron chi connectivity index (χ1n) is 4.63. The molecule has 0 unspecified atom stereocenters. The van der Waals surface area contributed by atoms with E-state index in [4.69, 9.17) is 0 Å². The van der Waals surface area contributed by atoms with E-state index in [9.17, 15) is 0 Å². The lowest BCUT2D eigenvalue weighted by molar-refractivity contribution is 0.873. The summed E-state index contributed by atoms with van der Waals surface area (Å²) in [5.74, 6) is 0.560. The van der Waals surface area contributed by atoms with Crippen molar-refractivity contribution in [3.63, 3.8) is 0 Å². The molecule has 0 bridgehead atoms. The van der Waals surface area contributed by atoms with Crippen LogP contribution in [0.5, 0.6) is 0 Å². The van der Waals surface area contributed by atoms with E-state index in [1.165, 1.54) is 16.0 Å². The van der Waals surface area contributed by atoms with Gasteiger partial charge in [0.1, 0.15) is 0 Å². The van der Waals surface area contributed by atoms with Crippen LogP contribution in [0.3, 0.4) is 0 Å². The van der Waals surface area contributed by atoms with Gasteiger partial charge in [-0.3, -0.25) is 0 Å². The Morgan fingerprint density at radius 1 is 1.21 bits per heavy atom. The predicted octanol–water partition coefficient (Wildman–Crippen LogP) is 3.33. The summed E-state index contributed by atoms with van der Waals surface area (Å²) in [6, 6.07) is 4.19. The van der Waals surface area contributed by atoms with Gasteiger partial charge in [0, 0.05) is 10.4 Å². The molecule has 0 aliphatic carbocycles. The minimum atomic E-state index is 0.560. The maximum absolute atomic E-state index is 3.90. The van der Waals surface area contributed by atoms with Gasteiger partial charge in [-0.05, 0) is 29.0 Å². The Balaban J connectivity index is 2.47. The van der Waals surface area contributed by atoms with E-state index in [2.05, 4.69) is 35.5 Å². The topological polar surface area (TPSA) is 25.8 Å². The van der Waals surface area contributed by atoms with Crippen molar-refractivity contribution in [1.29, 1.82) is 0 Å². The first-order chi connectivity index (χ1) is 6.79. The van der Waals surface area contributed by atoms with Gasteiger partial charge >= 0.3 is 0 Å². The Morgan fingerprint density at radius 3 is 2.71 bits per heavy atom. The first-order valence-corrected chi connectivity index (χ1v) is 5.51. The zero-order chi connectivity index (χ0) is 9.97. The molecule has 0 aliphatic heterocycles. The molecule has 3 heteroatoms. The molecule has 0 aliphatic rings. The summed E-state index contributed by atoms with van der Waals surface area (Å²) >= 11 is 1.76. The lowest BCUT2D eigenvalue weighted by atomic mass is 10.0. The Bertz CT molecular complexity index is 406. The average molecular weight is 204 g/mol. The zero-order valence-electron chi connectivity index (χ0n) is 8.27. The summed E-state index contributed by atoms with van der Waals surface area (Å²) in [5.41, 5.74) is 2.56. The number of hydrogen-bond acceptors (Lipinski definition) is 3. The van der Waals surface area contributed by atoms with Gasteiger partial charge in [-0.15, -0.1) is 11.3 Å². The molecule has 0 fully saturated rings. The average Bonchev–Trinajstić information content (AvgIpc) is 2.67. The van der Waals surface area contributed by atoms with Crippen LogP contribution in [0, 0.1) is 0 Å². The number of aromatic nitrogens is 2. The highest BCUT2D eigenvalue weighted by Crippen LogP contribution is 2.33. The van der Waals surface area contributed by atoms with Gasteiger partial charge in [0.2, 0.25) is 0 Å². The molecule has 2 aromatic heterocycles. The van der Waals surface area contributed by atoms with Crippen LogP contribution in [0.2, 0.25) is 0 Å². The van der Waals surface area contributed by atoms with Crippen molar-refractivity contribution in [2.75, 3.05) is 0 Å². The summed E-state index contributed by atoms with van der Waals surface area (Å²) in [5, 5.41) is 9.81. The fourth-order valence-corrected chi connectivity index (χ4v) is 2.48. The van der Waals surface area contributed by atoms with Crippen molar-refractivity contribution < 1.29 is 0 Å². The molecule has 2 aromatic rings. The highest BCUT2D eigenvalue weighted by molar-refractivity contribution is 7.13. The van der Waals surface area contributed by atoms with Gasteiger partial charge in [-0.2, -0.15) is 10.2 Å². The van der Waals surface area contributed by atoms with E-state index in [1.807, 2.05) is 12.3 Å². The largest absolute Gasteiger partial charge is 0.159 e. The molecular formula is C11H12N2S. The molecule has 0 atom stereocenters. The first kappa shape index (κ1) is 9.34. The Hall–Kier alpha value is -1.22. The third-order valence-electron chi connectivity index (χ3n) is 2.16. The van der Waals surface area contributed by atoms with Crippen LogP contribution in [0.1, 0.15) is 25.3 Å². The fraction of sp³-hybridized carbons (Fsp3) is 0.273. The summed E-state index contributed by atoms with van der Waals surface area (Å²) in [7, 11) is 0. The highest BCUT2D eigenvalue weighted by atomic mass is 32.1. The molecule has 14 heavy (non-hydrogen) atoms. The Kier molecular flexibility index (Phi) is 2.59. The number of rotatable bonds is 2. The normalized spacial score (nSPS) is 10.8. The molecule has 0 N–H and O–H groups in total. The summed E-state index contributed by atoms with van der Waals surface area (Å²) in [6.45, 7) is 4.42. The van der Waals surface area contributed by atoms with Crippen molar-refractivity contribution >= 4 is 11.3 Å². The van der Waals surface area contributed by atoms with E-state index in [-0.39, 0.29) is 0 Å². The summed E-state index contributed by atoms with van der Waals surface area (Å²) in [4.78, 5) is 1.31. The molecule has 0 amide bonds. The van der Waals surface area contributed by atoms with Crippen LogP contribution in [-0.2, 0) is 0 Å². The molecule has 2 nitrogen and oxygen atoms in total. The Labute approximate surface area is 87.6 Å². The van der Waals surface area contributed by atoms with Crippen molar-refractivity contribution in [2.45, 2.75) is 19.8 Å². The fourth-order valence-electron chi connectivity index (χ4n) is 1.43. The van der Waals surface area contributed by atoms with E-state index < -0.39 is 0 Å². The Morgan fingerprint density at radius 2 is 2.07 bits per heavy atom. The van der Waals surface area contributed by atoms with Crippen LogP contribution >= 0.6 is 11.3 Å². The lowest BCUT2D eigenvalue weighted by Crippen LogP contribution is -1.87. The van der Waals surface area contributed by atoms with Gasteiger partial charge < -0.3 is 0 Å². The minimum Gasteiger partial charge on any atom is -0.159 e. The zero-order valence-corrected chi connectivity index (χ0v) is 9.08. The summed E-state index contributed by atoms with van der Waals surface area (Å²) in [6.07, 6.45) is 3.55. The van der Waals surface area contributed by atoms with Crippen molar-refractivity contribution in [2.24, 2.45) is 0 Å². The standard InChI is InChI=1S/C11H12N2S/c1-8(2)10-4-6-14-11(10)9-3-5-12-13-7-9/h3-8H,1-2H3. The quantitative estimate of drug-likeness (QED) is 0.750. The van der Waals surface area contributed by atoms with Gasteiger partial charge in [0.25, 0.3) is 0 Å². The number of nitrogens with zero attached hydrogens (tertiary/aromatic N) is 2. The van der Waals surface area contributed by atoms with E-state index in [1.54, 1.807) is 17.5 Å². The van der Waals surface area contributed by atoms with Gasteiger partial charge in [0.05, 0.1) is 12.4 Å². The highest BCUT2D eigenvalue weighted by Gasteiger charge is 2.09.